The highest BCUT2D eigenvalue weighted by Crippen LogP contribution is 2.26. The molecule has 0 aliphatic carbocycles. The molecular weight excluding hydrogens is 264 g/mol. The first-order valence-electron chi connectivity index (χ1n) is 7.86. The molecule has 0 radical (unpaired) electrons. The predicted molar refractivity (Wildman–Crippen MR) is 87.0 cm³/mol. The molecule has 2 rings (SSSR count). The summed E-state index contributed by atoms with van der Waals surface area (Å²) in [6.45, 7) is 5.91. The Morgan fingerprint density at radius 3 is 2.95 bits per heavy atom. The van der Waals surface area contributed by atoms with Crippen molar-refractivity contribution in [3.05, 3.63) is 29.8 Å². The summed E-state index contributed by atoms with van der Waals surface area (Å²) >= 11 is 0. The zero-order valence-corrected chi connectivity index (χ0v) is 13.3. The second-order valence-electron chi connectivity index (χ2n) is 6.11. The predicted octanol–water partition coefficient (Wildman–Crippen LogP) is 1.82. The van der Waals surface area contributed by atoms with Crippen LogP contribution < -0.4 is 10.2 Å². The van der Waals surface area contributed by atoms with Crippen molar-refractivity contribution >= 4 is 5.69 Å². The van der Waals surface area contributed by atoms with Gasteiger partial charge in [0.1, 0.15) is 0 Å². The lowest BCUT2D eigenvalue weighted by molar-refractivity contribution is 0.0987. The Bertz CT molecular complexity index is 431. The second kappa shape index (κ2) is 7.78. The van der Waals surface area contributed by atoms with E-state index in [1.54, 1.807) is 7.11 Å². The lowest BCUT2D eigenvalue weighted by Crippen LogP contribution is -2.50. The summed E-state index contributed by atoms with van der Waals surface area (Å²) in [5, 5.41) is 12.8. The highest BCUT2D eigenvalue weighted by molar-refractivity contribution is 5.55. The summed E-state index contributed by atoms with van der Waals surface area (Å²) in [5.74, 6) is 0. The quantitative estimate of drug-likeness (QED) is 0.767. The highest BCUT2D eigenvalue weighted by Gasteiger charge is 2.23. The average molecular weight is 292 g/mol. The lowest BCUT2D eigenvalue weighted by Gasteiger charge is -2.34. The van der Waals surface area contributed by atoms with Gasteiger partial charge in [0.2, 0.25) is 0 Å². The zero-order chi connectivity index (χ0) is 15.1. The Kier molecular flexibility index (Phi) is 6.03. The number of para-hydroxylation sites is 1. The lowest BCUT2D eigenvalue weighted by atomic mass is 9.99. The SMILES string of the molecule is COCC(C)(CCO)NCCN1CCCc2ccccc21. The van der Waals surface area contributed by atoms with Gasteiger partial charge in [0.15, 0.2) is 0 Å². The van der Waals surface area contributed by atoms with Gasteiger partial charge in [0.25, 0.3) is 0 Å². The number of rotatable bonds is 8. The Balaban J connectivity index is 1.89. The molecule has 118 valence electrons. The van der Waals surface area contributed by atoms with Crippen LogP contribution in [-0.4, -0.2) is 50.6 Å². The number of ether oxygens (including phenoxy) is 1. The number of benzene rings is 1. The topological polar surface area (TPSA) is 44.7 Å². The number of aryl methyl sites for hydroxylation is 1. The van der Waals surface area contributed by atoms with Gasteiger partial charge in [-0.25, -0.2) is 0 Å². The van der Waals surface area contributed by atoms with E-state index in [9.17, 15) is 5.11 Å². The molecule has 1 aliphatic rings. The van der Waals surface area contributed by atoms with Gasteiger partial charge in [-0.05, 0) is 37.8 Å². The summed E-state index contributed by atoms with van der Waals surface area (Å²) in [5.41, 5.74) is 2.68. The summed E-state index contributed by atoms with van der Waals surface area (Å²) in [6.07, 6.45) is 3.12. The van der Waals surface area contributed by atoms with E-state index < -0.39 is 0 Å². The molecular formula is C17H28N2O2. The van der Waals surface area contributed by atoms with Crippen molar-refractivity contribution in [1.29, 1.82) is 0 Å². The van der Waals surface area contributed by atoms with Crippen LogP contribution in [0.25, 0.3) is 0 Å². The van der Waals surface area contributed by atoms with Crippen molar-refractivity contribution in [3.8, 4) is 0 Å². The Labute approximate surface area is 128 Å². The average Bonchev–Trinajstić information content (AvgIpc) is 2.48. The van der Waals surface area contributed by atoms with Gasteiger partial charge >= 0.3 is 0 Å². The van der Waals surface area contributed by atoms with Gasteiger partial charge in [0.05, 0.1) is 6.61 Å². The third kappa shape index (κ3) is 4.43. The first-order chi connectivity index (χ1) is 10.2. The van der Waals surface area contributed by atoms with E-state index in [4.69, 9.17) is 4.74 Å². The largest absolute Gasteiger partial charge is 0.396 e. The van der Waals surface area contributed by atoms with E-state index in [1.807, 2.05) is 0 Å². The number of nitrogens with one attached hydrogen (secondary N) is 1. The fraction of sp³-hybridized carbons (Fsp3) is 0.647. The highest BCUT2D eigenvalue weighted by atomic mass is 16.5. The van der Waals surface area contributed by atoms with E-state index >= 15 is 0 Å². The summed E-state index contributed by atoms with van der Waals surface area (Å²) in [6, 6.07) is 8.69. The van der Waals surface area contributed by atoms with E-state index in [0.717, 1.165) is 19.6 Å². The Morgan fingerprint density at radius 1 is 1.38 bits per heavy atom. The smallest absolute Gasteiger partial charge is 0.0642 e. The third-order valence-corrected chi connectivity index (χ3v) is 4.27. The maximum Gasteiger partial charge on any atom is 0.0642 e. The van der Waals surface area contributed by atoms with Crippen LogP contribution >= 0.6 is 0 Å². The Hall–Kier alpha value is -1.10. The van der Waals surface area contributed by atoms with Crippen LogP contribution in [0.1, 0.15) is 25.3 Å². The number of nitrogens with zero attached hydrogens (tertiary/aromatic N) is 1. The summed E-state index contributed by atoms with van der Waals surface area (Å²) in [4.78, 5) is 2.46. The number of aliphatic hydroxyl groups excluding tert-OH is 1. The molecule has 0 spiro atoms. The van der Waals surface area contributed by atoms with Crippen molar-refractivity contribution in [2.45, 2.75) is 31.7 Å². The van der Waals surface area contributed by atoms with Crippen LogP contribution in [0.2, 0.25) is 0 Å². The van der Waals surface area contributed by atoms with Crippen LogP contribution in [0.4, 0.5) is 5.69 Å². The fourth-order valence-electron chi connectivity index (χ4n) is 3.11. The van der Waals surface area contributed by atoms with Gasteiger partial charge in [-0.2, -0.15) is 0 Å². The standard InChI is InChI=1S/C17H28N2O2/c1-17(9-13-20,14-21-2)18-10-12-19-11-5-7-15-6-3-4-8-16(15)19/h3-4,6,8,18,20H,5,7,9-14H2,1-2H3. The fourth-order valence-corrected chi connectivity index (χ4v) is 3.11. The molecule has 4 heteroatoms. The molecule has 1 aliphatic heterocycles. The first-order valence-corrected chi connectivity index (χ1v) is 7.86. The number of hydrogen-bond acceptors (Lipinski definition) is 4. The van der Waals surface area contributed by atoms with Gasteiger partial charge in [-0.1, -0.05) is 18.2 Å². The van der Waals surface area contributed by atoms with Crippen molar-refractivity contribution in [2.24, 2.45) is 0 Å². The van der Waals surface area contributed by atoms with Gasteiger partial charge in [-0.3, -0.25) is 0 Å². The second-order valence-corrected chi connectivity index (χ2v) is 6.11. The molecule has 21 heavy (non-hydrogen) atoms. The minimum Gasteiger partial charge on any atom is -0.396 e. The number of aliphatic hydroxyl groups is 1. The zero-order valence-electron chi connectivity index (χ0n) is 13.3. The van der Waals surface area contributed by atoms with Gasteiger partial charge < -0.3 is 20.1 Å². The van der Waals surface area contributed by atoms with E-state index in [2.05, 4.69) is 41.4 Å². The number of methoxy groups -OCH3 is 1. The minimum absolute atomic E-state index is 0.154. The molecule has 0 fully saturated rings. The molecule has 1 unspecified atom stereocenters. The molecule has 4 nitrogen and oxygen atoms in total. The van der Waals surface area contributed by atoms with Crippen LogP contribution in [0.3, 0.4) is 0 Å². The van der Waals surface area contributed by atoms with Crippen molar-refractivity contribution in [3.63, 3.8) is 0 Å². The van der Waals surface area contributed by atoms with E-state index in [0.29, 0.717) is 13.0 Å². The number of fused-ring (bicyclic) bond motifs is 1. The molecule has 2 N–H and O–H groups in total. The molecule has 0 amide bonds. The van der Waals surface area contributed by atoms with E-state index in [1.165, 1.54) is 24.1 Å². The minimum atomic E-state index is -0.154. The van der Waals surface area contributed by atoms with Crippen LogP contribution in [0, 0.1) is 0 Å². The summed E-state index contributed by atoms with van der Waals surface area (Å²) < 4.78 is 5.27. The summed E-state index contributed by atoms with van der Waals surface area (Å²) in [7, 11) is 1.71. The van der Waals surface area contributed by atoms with Crippen LogP contribution in [0.15, 0.2) is 24.3 Å². The molecule has 0 aromatic heterocycles. The van der Waals surface area contributed by atoms with Gasteiger partial charge in [-0.15, -0.1) is 0 Å². The molecule has 0 bridgehead atoms. The maximum atomic E-state index is 9.20. The molecule has 1 aromatic carbocycles. The van der Waals surface area contributed by atoms with E-state index in [-0.39, 0.29) is 12.1 Å². The number of hydrogen-bond donors (Lipinski definition) is 2. The van der Waals surface area contributed by atoms with Gasteiger partial charge in [0, 0.05) is 44.6 Å². The van der Waals surface area contributed by atoms with Crippen LogP contribution in [-0.2, 0) is 11.2 Å². The Morgan fingerprint density at radius 2 is 2.19 bits per heavy atom. The molecule has 1 aromatic rings. The monoisotopic (exact) mass is 292 g/mol. The van der Waals surface area contributed by atoms with Crippen molar-refractivity contribution < 1.29 is 9.84 Å². The normalized spacial score (nSPS) is 17.4. The number of anilines is 1. The van der Waals surface area contributed by atoms with Crippen molar-refractivity contribution in [2.75, 3.05) is 44.9 Å². The molecule has 0 saturated heterocycles. The van der Waals surface area contributed by atoms with Crippen molar-refractivity contribution in [1.82, 2.24) is 5.32 Å². The third-order valence-electron chi connectivity index (χ3n) is 4.27. The molecule has 1 heterocycles. The maximum absolute atomic E-state index is 9.20. The molecule has 1 atom stereocenters. The van der Waals surface area contributed by atoms with Crippen LogP contribution in [0.5, 0.6) is 0 Å². The molecule has 0 saturated carbocycles. The first kappa shape index (κ1) is 16.3.